The summed E-state index contributed by atoms with van der Waals surface area (Å²) in [5.74, 6) is 0.0768. The summed E-state index contributed by atoms with van der Waals surface area (Å²) in [4.78, 5) is 14.2. The molecule has 4 heteroatoms. The molecular formula is C14H29N3O. The molecule has 1 saturated heterocycles. The predicted molar refractivity (Wildman–Crippen MR) is 75.7 cm³/mol. The smallest absolute Gasteiger partial charge is 0.234 e. The molecule has 106 valence electrons. The van der Waals surface area contributed by atoms with Crippen LogP contribution in [-0.4, -0.2) is 48.6 Å². The van der Waals surface area contributed by atoms with Gasteiger partial charge in [-0.2, -0.15) is 0 Å². The first-order chi connectivity index (χ1) is 8.37. The zero-order valence-electron chi connectivity index (χ0n) is 12.4. The average Bonchev–Trinajstić information content (AvgIpc) is 2.25. The minimum atomic E-state index is -0.144. The van der Waals surface area contributed by atoms with E-state index in [0.717, 1.165) is 6.54 Å². The van der Waals surface area contributed by atoms with Gasteiger partial charge in [-0.15, -0.1) is 0 Å². The monoisotopic (exact) mass is 255 g/mol. The molecule has 0 aromatic heterocycles. The van der Waals surface area contributed by atoms with Crippen LogP contribution >= 0.6 is 0 Å². The Balaban J connectivity index is 2.16. The van der Waals surface area contributed by atoms with Gasteiger partial charge in [0.15, 0.2) is 0 Å². The molecule has 0 aromatic rings. The van der Waals surface area contributed by atoms with Crippen molar-refractivity contribution in [3.63, 3.8) is 0 Å². The van der Waals surface area contributed by atoms with Crippen molar-refractivity contribution in [3.05, 3.63) is 0 Å². The van der Waals surface area contributed by atoms with Crippen LogP contribution in [0.1, 0.15) is 47.0 Å². The van der Waals surface area contributed by atoms with Crippen molar-refractivity contribution in [1.29, 1.82) is 0 Å². The van der Waals surface area contributed by atoms with Crippen molar-refractivity contribution >= 4 is 5.91 Å². The summed E-state index contributed by atoms with van der Waals surface area (Å²) in [6, 6.07) is 0.369. The summed E-state index contributed by atoms with van der Waals surface area (Å²) in [5.41, 5.74) is -0.144. The van der Waals surface area contributed by atoms with Crippen molar-refractivity contribution < 1.29 is 4.79 Å². The van der Waals surface area contributed by atoms with E-state index in [2.05, 4.69) is 22.5 Å². The highest BCUT2D eigenvalue weighted by Crippen LogP contribution is 2.08. The lowest BCUT2D eigenvalue weighted by Crippen LogP contribution is -2.48. The van der Waals surface area contributed by atoms with Crippen LogP contribution in [0.4, 0.5) is 0 Å². The van der Waals surface area contributed by atoms with Crippen molar-refractivity contribution in [2.75, 3.05) is 26.2 Å². The molecule has 0 radical (unpaired) electrons. The van der Waals surface area contributed by atoms with E-state index in [4.69, 9.17) is 0 Å². The highest BCUT2D eigenvalue weighted by molar-refractivity contribution is 5.78. The summed E-state index contributed by atoms with van der Waals surface area (Å²) in [6.45, 7) is 12.0. The average molecular weight is 255 g/mol. The summed E-state index contributed by atoms with van der Waals surface area (Å²) in [6.07, 6.45) is 4.00. The van der Waals surface area contributed by atoms with Gasteiger partial charge in [-0.05, 0) is 53.6 Å². The zero-order chi connectivity index (χ0) is 13.6. The second-order valence-electron chi connectivity index (χ2n) is 6.44. The quantitative estimate of drug-likeness (QED) is 0.780. The van der Waals surface area contributed by atoms with Gasteiger partial charge in [0.1, 0.15) is 0 Å². The number of piperidine rings is 1. The SMILES string of the molecule is CC(CN1CCCCC1)NCC(=O)NC(C)(C)C. The standard InChI is InChI=1S/C14H29N3O/c1-12(11-17-8-6-5-7-9-17)15-10-13(18)16-14(2,3)4/h12,15H,5-11H2,1-4H3,(H,16,18). The normalized spacial score (nSPS) is 19.6. The van der Waals surface area contributed by atoms with Crippen LogP contribution in [0.25, 0.3) is 0 Å². The number of hydrogen-bond acceptors (Lipinski definition) is 3. The topological polar surface area (TPSA) is 44.4 Å². The number of carbonyl (C=O) groups excluding carboxylic acids is 1. The van der Waals surface area contributed by atoms with Crippen molar-refractivity contribution in [3.8, 4) is 0 Å². The van der Waals surface area contributed by atoms with Crippen LogP contribution in [0.2, 0.25) is 0 Å². The third kappa shape index (κ3) is 6.97. The largest absolute Gasteiger partial charge is 0.350 e. The minimum Gasteiger partial charge on any atom is -0.350 e. The van der Waals surface area contributed by atoms with E-state index in [9.17, 15) is 4.79 Å². The molecule has 1 heterocycles. The first-order valence-corrected chi connectivity index (χ1v) is 7.13. The first kappa shape index (κ1) is 15.4. The van der Waals surface area contributed by atoms with E-state index in [0.29, 0.717) is 12.6 Å². The molecule has 1 aliphatic rings. The summed E-state index contributed by atoms with van der Waals surface area (Å²) >= 11 is 0. The Morgan fingerprint density at radius 2 is 1.83 bits per heavy atom. The molecule has 0 aromatic carbocycles. The molecule has 0 bridgehead atoms. The van der Waals surface area contributed by atoms with E-state index >= 15 is 0 Å². The van der Waals surface area contributed by atoms with Crippen molar-refractivity contribution in [2.24, 2.45) is 0 Å². The number of hydrogen-bond donors (Lipinski definition) is 2. The molecule has 1 fully saturated rings. The molecular weight excluding hydrogens is 226 g/mol. The number of amides is 1. The minimum absolute atomic E-state index is 0.0768. The molecule has 1 rings (SSSR count). The van der Waals surface area contributed by atoms with Crippen LogP contribution in [0.15, 0.2) is 0 Å². The lowest BCUT2D eigenvalue weighted by atomic mass is 10.1. The van der Waals surface area contributed by atoms with Gasteiger partial charge in [0.05, 0.1) is 6.54 Å². The second-order valence-corrected chi connectivity index (χ2v) is 6.44. The highest BCUT2D eigenvalue weighted by atomic mass is 16.2. The van der Waals surface area contributed by atoms with Gasteiger partial charge in [-0.3, -0.25) is 4.79 Å². The van der Waals surface area contributed by atoms with Crippen molar-refractivity contribution in [1.82, 2.24) is 15.5 Å². The fourth-order valence-corrected chi connectivity index (χ4v) is 2.32. The molecule has 18 heavy (non-hydrogen) atoms. The summed E-state index contributed by atoms with van der Waals surface area (Å²) < 4.78 is 0. The highest BCUT2D eigenvalue weighted by Gasteiger charge is 2.16. The fourth-order valence-electron chi connectivity index (χ4n) is 2.32. The predicted octanol–water partition coefficient (Wildman–Crippen LogP) is 1.37. The van der Waals surface area contributed by atoms with E-state index in [1.54, 1.807) is 0 Å². The van der Waals surface area contributed by atoms with Gasteiger partial charge in [0.2, 0.25) is 5.91 Å². The Bertz CT molecular complexity index is 254. The maximum absolute atomic E-state index is 11.7. The van der Waals surface area contributed by atoms with Gasteiger partial charge >= 0.3 is 0 Å². The van der Waals surface area contributed by atoms with Crippen LogP contribution in [0.5, 0.6) is 0 Å². The Kier molecular flexibility index (Phi) is 6.09. The maximum Gasteiger partial charge on any atom is 0.234 e. The molecule has 1 amide bonds. The second kappa shape index (κ2) is 7.10. The van der Waals surface area contributed by atoms with Gasteiger partial charge in [-0.25, -0.2) is 0 Å². The first-order valence-electron chi connectivity index (χ1n) is 7.13. The Morgan fingerprint density at radius 3 is 2.39 bits per heavy atom. The maximum atomic E-state index is 11.7. The van der Waals surface area contributed by atoms with Crippen LogP contribution in [-0.2, 0) is 4.79 Å². The number of rotatable bonds is 5. The Hall–Kier alpha value is -0.610. The molecule has 2 N–H and O–H groups in total. The number of nitrogens with one attached hydrogen (secondary N) is 2. The zero-order valence-corrected chi connectivity index (χ0v) is 12.4. The van der Waals surface area contributed by atoms with E-state index in [1.807, 2.05) is 20.8 Å². The molecule has 1 unspecified atom stereocenters. The van der Waals surface area contributed by atoms with Gasteiger partial charge in [-0.1, -0.05) is 6.42 Å². The van der Waals surface area contributed by atoms with Crippen LogP contribution < -0.4 is 10.6 Å². The fraction of sp³-hybridized carbons (Fsp3) is 0.929. The molecule has 4 nitrogen and oxygen atoms in total. The van der Waals surface area contributed by atoms with E-state index < -0.39 is 0 Å². The summed E-state index contributed by atoms with van der Waals surface area (Å²) in [7, 11) is 0. The molecule has 1 aliphatic heterocycles. The van der Waals surface area contributed by atoms with E-state index in [1.165, 1.54) is 32.4 Å². The van der Waals surface area contributed by atoms with Gasteiger partial charge in [0, 0.05) is 18.1 Å². The molecule has 0 aliphatic carbocycles. The van der Waals surface area contributed by atoms with Crippen LogP contribution in [0.3, 0.4) is 0 Å². The van der Waals surface area contributed by atoms with Gasteiger partial charge in [0.25, 0.3) is 0 Å². The third-order valence-electron chi connectivity index (χ3n) is 3.11. The molecule has 0 saturated carbocycles. The number of nitrogens with zero attached hydrogens (tertiary/aromatic N) is 1. The Morgan fingerprint density at radius 1 is 1.22 bits per heavy atom. The Labute approximate surface area is 111 Å². The van der Waals surface area contributed by atoms with Crippen molar-refractivity contribution in [2.45, 2.75) is 58.5 Å². The number of carbonyl (C=O) groups is 1. The number of likely N-dealkylation sites (tertiary alicyclic amines) is 1. The van der Waals surface area contributed by atoms with Crippen LogP contribution in [0, 0.1) is 0 Å². The summed E-state index contributed by atoms with van der Waals surface area (Å²) in [5, 5.41) is 6.26. The lowest BCUT2D eigenvalue weighted by molar-refractivity contribution is -0.121. The van der Waals surface area contributed by atoms with E-state index in [-0.39, 0.29) is 11.4 Å². The lowest BCUT2D eigenvalue weighted by Gasteiger charge is -2.29. The third-order valence-corrected chi connectivity index (χ3v) is 3.11. The molecule has 1 atom stereocenters. The van der Waals surface area contributed by atoms with Gasteiger partial charge < -0.3 is 15.5 Å². The molecule has 0 spiro atoms.